The summed E-state index contributed by atoms with van der Waals surface area (Å²) in [6, 6.07) is 7.14. The van der Waals surface area contributed by atoms with Crippen LogP contribution in [-0.2, 0) is 4.79 Å². The molecular formula is C13H16N4O. The van der Waals surface area contributed by atoms with E-state index in [9.17, 15) is 4.79 Å². The van der Waals surface area contributed by atoms with Crippen molar-refractivity contribution in [1.82, 2.24) is 5.32 Å². The van der Waals surface area contributed by atoms with Crippen LogP contribution in [0.1, 0.15) is 18.4 Å². The van der Waals surface area contributed by atoms with E-state index >= 15 is 0 Å². The Bertz CT molecular complexity index is 488. The first-order valence-electron chi connectivity index (χ1n) is 6.02. The monoisotopic (exact) mass is 244 g/mol. The Labute approximate surface area is 106 Å². The predicted molar refractivity (Wildman–Crippen MR) is 69.8 cm³/mol. The lowest BCUT2D eigenvalue weighted by Gasteiger charge is -2.10. The molecular weight excluding hydrogens is 228 g/mol. The van der Waals surface area contributed by atoms with E-state index in [-0.39, 0.29) is 11.8 Å². The van der Waals surface area contributed by atoms with E-state index < -0.39 is 0 Å². The second kappa shape index (κ2) is 5.41. The lowest BCUT2D eigenvalue weighted by atomic mass is 10.2. The fourth-order valence-electron chi connectivity index (χ4n) is 1.65. The highest BCUT2D eigenvalue weighted by Gasteiger charge is 2.28. The summed E-state index contributed by atoms with van der Waals surface area (Å²) in [5.74, 6) is 0.368. The first-order chi connectivity index (χ1) is 8.70. The van der Waals surface area contributed by atoms with Gasteiger partial charge in [0, 0.05) is 19.0 Å². The molecule has 0 heterocycles. The van der Waals surface area contributed by atoms with Crippen LogP contribution in [0.25, 0.3) is 0 Å². The second-order valence-corrected chi connectivity index (χ2v) is 4.41. The normalized spacial score (nSPS) is 13.7. The molecule has 0 spiro atoms. The molecule has 0 radical (unpaired) electrons. The lowest BCUT2D eigenvalue weighted by molar-refractivity contribution is -0.122. The third-order valence-electron chi connectivity index (χ3n) is 2.87. The van der Waals surface area contributed by atoms with E-state index in [0.717, 1.165) is 18.5 Å². The Kier molecular flexibility index (Phi) is 3.68. The van der Waals surface area contributed by atoms with Crippen molar-refractivity contribution in [2.75, 3.05) is 24.1 Å². The van der Waals surface area contributed by atoms with Gasteiger partial charge in [0.2, 0.25) is 5.91 Å². The SMILES string of the molecule is N#Cc1ccc(N)c(NCCNC(=O)C2CC2)c1. The number of nitrogens with one attached hydrogen (secondary N) is 2. The lowest BCUT2D eigenvalue weighted by Crippen LogP contribution is -2.29. The van der Waals surface area contributed by atoms with Crippen LogP contribution < -0.4 is 16.4 Å². The van der Waals surface area contributed by atoms with Crippen LogP contribution in [0, 0.1) is 17.2 Å². The van der Waals surface area contributed by atoms with Crippen LogP contribution in [-0.4, -0.2) is 19.0 Å². The summed E-state index contributed by atoms with van der Waals surface area (Å²) >= 11 is 0. The number of nitrogen functional groups attached to an aromatic ring is 1. The molecule has 2 rings (SSSR count). The van der Waals surface area contributed by atoms with Crippen molar-refractivity contribution in [3.05, 3.63) is 23.8 Å². The minimum Gasteiger partial charge on any atom is -0.397 e. The Balaban J connectivity index is 1.78. The first kappa shape index (κ1) is 12.2. The van der Waals surface area contributed by atoms with Gasteiger partial charge in [-0.25, -0.2) is 0 Å². The summed E-state index contributed by atoms with van der Waals surface area (Å²) in [5.41, 5.74) is 7.68. The van der Waals surface area contributed by atoms with Crippen LogP contribution in [0.4, 0.5) is 11.4 Å². The van der Waals surface area contributed by atoms with Gasteiger partial charge in [0.05, 0.1) is 23.0 Å². The van der Waals surface area contributed by atoms with Crippen LogP contribution >= 0.6 is 0 Å². The van der Waals surface area contributed by atoms with E-state index in [4.69, 9.17) is 11.0 Å². The van der Waals surface area contributed by atoms with Crippen molar-refractivity contribution >= 4 is 17.3 Å². The molecule has 1 aromatic rings. The predicted octanol–water partition coefficient (Wildman–Crippen LogP) is 1.08. The molecule has 1 aliphatic rings. The van der Waals surface area contributed by atoms with Gasteiger partial charge in [-0.2, -0.15) is 5.26 Å². The third kappa shape index (κ3) is 3.14. The van der Waals surface area contributed by atoms with Gasteiger partial charge in [0.1, 0.15) is 0 Å². The average Bonchev–Trinajstić information content (AvgIpc) is 3.20. The van der Waals surface area contributed by atoms with Crippen molar-refractivity contribution in [1.29, 1.82) is 5.26 Å². The zero-order valence-corrected chi connectivity index (χ0v) is 10.1. The molecule has 1 fully saturated rings. The van der Waals surface area contributed by atoms with E-state index in [2.05, 4.69) is 16.7 Å². The molecule has 1 aromatic carbocycles. The van der Waals surface area contributed by atoms with Gasteiger partial charge in [0.25, 0.3) is 0 Å². The number of hydrogen-bond donors (Lipinski definition) is 3. The third-order valence-corrected chi connectivity index (χ3v) is 2.87. The average molecular weight is 244 g/mol. The number of carbonyl (C=O) groups is 1. The summed E-state index contributed by atoms with van der Waals surface area (Å²) in [5, 5.41) is 14.8. The molecule has 0 saturated heterocycles. The van der Waals surface area contributed by atoms with Gasteiger partial charge in [-0.05, 0) is 31.0 Å². The molecule has 5 heteroatoms. The van der Waals surface area contributed by atoms with Crippen LogP contribution in [0.15, 0.2) is 18.2 Å². The first-order valence-corrected chi connectivity index (χ1v) is 6.02. The molecule has 1 amide bonds. The Morgan fingerprint density at radius 2 is 2.22 bits per heavy atom. The van der Waals surface area contributed by atoms with Crippen molar-refractivity contribution in [2.45, 2.75) is 12.8 Å². The molecule has 94 valence electrons. The van der Waals surface area contributed by atoms with Crippen molar-refractivity contribution in [3.8, 4) is 6.07 Å². The quantitative estimate of drug-likeness (QED) is 0.534. The van der Waals surface area contributed by atoms with Gasteiger partial charge in [0.15, 0.2) is 0 Å². The fraction of sp³-hybridized carbons (Fsp3) is 0.385. The van der Waals surface area contributed by atoms with Crippen molar-refractivity contribution < 1.29 is 4.79 Å². The molecule has 1 saturated carbocycles. The maximum Gasteiger partial charge on any atom is 0.223 e. The highest BCUT2D eigenvalue weighted by molar-refractivity contribution is 5.80. The maximum absolute atomic E-state index is 11.4. The van der Waals surface area contributed by atoms with Gasteiger partial charge >= 0.3 is 0 Å². The number of nitriles is 1. The molecule has 0 unspecified atom stereocenters. The van der Waals surface area contributed by atoms with E-state index in [0.29, 0.717) is 24.3 Å². The minimum atomic E-state index is 0.135. The molecule has 1 aliphatic carbocycles. The summed E-state index contributed by atoms with van der Waals surface area (Å²) in [6.07, 6.45) is 2.02. The Morgan fingerprint density at radius 1 is 1.44 bits per heavy atom. The van der Waals surface area contributed by atoms with E-state index in [1.165, 1.54) is 0 Å². The van der Waals surface area contributed by atoms with Gasteiger partial charge in [-0.1, -0.05) is 0 Å². The standard InChI is InChI=1S/C13H16N4O/c14-8-9-1-4-11(15)12(7-9)16-5-6-17-13(18)10-2-3-10/h1,4,7,10,16H,2-3,5-6,15H2,(H,17,18). The van der Waals surface area contributed by atoms with Crippen molar-refractivity contribution in [2.24, 2.45) is 5.92 Å². The summed E-state index contributed by atoms with van der Waals surface area (Å²) in [7, 11) is 0. The molecule has 0 bridgehead atoms. The zero-order chi connectivity index (χ0) is 13.0. The molecule has 0 atom stereocenters. The van der Waals surface area contributed by atoms with Crippen LogP contribution in [0.3, 0.4) is 0 Å². The number of amides is 1. The summed E-state index contributed by atoms with van der Waals surface area (Å²) < 4.78 is 0. The smallest absolute Gasteiger partial charge is 0.223 e. The van der Waals surface area contributed by atoms with Gasteiger partial charge in [-0.15, -0.1) is 0 Å². The number of nitrogens with two attached hydrogens (primary N) is 1. The van der Waals surface area contributed by atoms with Crippen LogP contribution in [0.2, 0.25) is 0 Å². The van der Waals surface area contributed by atoms with E-state index in [1.54, 1.807) is 18.2 Å². The molecule has 0 aliphatic heterocycles. The van der Waals surface area contributed by atoms with Gasteiger partial charge < -0.3 is 16.4 Å². The Morgan fingerprint density at radius 3 is 2.89 bits per heavy atom. The number of nitrogens with zero attached hydrogens (tertiary/aromatic N) is 1. The summed E-state index contributed by atoms with van der Waals surface area (Å²) in [4.78, 5) is 11.4. The highest BCUT2D eigenvalue weighted by atomic mass is 16.2. The number of rotatable bonds is 5. The highest BCUT2D eigenvalue weighted by Crippen LogP contribution is 2.28. The molecule has 5 nitrogen and oxygen atoms in total. The molecule has 18 heavy (non-hydrogen) atoms. The second-order valence-electron chi connectivity index (χ2n) is 4.41. The van der Waals surface area contributed by atoms with Crippen molar-refractivity contribution in [3.63, 3.8) is 0 Å². The number of hydrogen-bond acceptors (Lipinski definition) is 4. The maximum atomic E-state index is 11.4. The van der Waals surface area contributed by atoms with E-state index in [1.807, 2.05) is 0 Å². The molecule has 4 N–H and O–H groups in total. The van der Waals surface area contributed by atoms with Gasteiger partial charge in [-0.3, -0.25) is 4.79 Å². The number of anilines is 2. The topological polar surface area (TPSA) is 90.9 Å². The Hall–Kier alpha value is -2.22. The van der Waals surface area contributed by atoms with Crippen LogP contribution in [0.5, 0.6) is 0 Å². The fourth-order valence-corrected chi connectivity index (χ4v) is 1.65. The number of carbonyl (C=O) groups excluding carboxylic acids is 1. The zero-order valence-electron chi connectivity index (χ0n) is 10.1. The summed E-state index contributed by atoms with van der Waals surface area (Å²) in [6.45, 7) is 1.16. The number of benzene rings is 1. The minimum absolute atomic E-state index is 0.135. The largest absolute Gasteiger partial charge is 0.397 e. The molecule has 0 aromatic heterocycles.